The van der Waals surface area contributed by atoms with Gasteiger partial charge in [-0.3, -0.25) is 13.9 Å². The molecule has 0 radical (unpaired) electrons. The van der Waals surface area contributed by atoms with E-state index in [0.717, 1.165) is 21.0 Å². The Labute approximate surface area is 240 Å². The number of anilines is 1. The van der Waals surface area contributed by atoms with E-state index in [4.69, 9.17) is 23.2 Å². The Morgan fingerprint density at radius 2 is 1.46 bits per heavy atom. The highest BCUT2D eigenvalue weighted by molar-refractivity contribution is 7.92. The second kappa shape index (κ2) is 12.9. The third-order valence-electron chi connectivity index (χ3n) is 6.40. The SMILES string of the molecule is CCC(C(=O)NC)N(Cc1c(Cl)cccc1Cl)C(=O)CN(c1cc(C)cc(C)c1)S(=O)(=O)c1ccc(C)cc1. The maximum atomic E-state index is 14.0. The molecule has 1 N–H and O–H groups in total. The molecule has 3 aromatic rings. The van der Waals surface area contributed by atoms with E-state index in [2.05, 4.69) is 5.32 Å². The van der Waals surface area contributed by atoms with E-state index >= 15 is 0 Å². The predicted molar refractivity (Wildman–Crippen MR) is 157 cm³/mol. The molecule has 0 fully saturated rings. The number of likely N-dealkylation sites (N-methyl/N-ethyl adjacent to an activating group) is 1. The van der Waals surface area contributed by atoms with Crippen molar-refractivity contribution >= 4 is 50.7 Å². The van der Waals surface area contributed by atoms with Crippen LogP contribution in [0, 0.1) is 20.8 Å². The summed E-state index contributed by atoms with van der Waals surface area (Å²) in [5, 5.41) is 3.27. The Bertz CT molecular complexity index is 1420. The fraction of sp³-hybridized carbons (Fsp3) is 0.310. The van der Waals surface area contributed by atoms with Crippen molar-refractivity contribution in [3.05, 3.63) is 93.0 Å². The number of sulfonamides is 1. The Morgan fingerprint density at radius 1 is 0.897 bits per heavy atom. The van der Waals surface area contributed by atoms with Crippen LogP contribution in [-0.2, 0) is 26.2 Å². The minimum absolute atomic E-state index is 0.0547. The van der Waals surface area contributed by atoms with Crippen LogP contribution in [0.5, 0.6) is 0 Å². The fourth-order valence-corrected chi connectivity index (χ4v) is 6.32. The summed E-state index contributed by atoms with van der Waals surface area (Å²) in [5.74, 6) is -0.954. The summed E-state index contributed by atoms with van der Waals surface area (Å²) < 4.78 is 29.0. The van der Waals surface area contributed by atoms with Gasteiger partial charge in [0.25, 0.3) is 10.0 Å². The average Bonchev–Trinajstić information content (AvgIpc) is 2.88. The van der Waals surface area contributed by atoms with Gasteiger partial charge in [0.2, 0.25) is 11.8 Å². The molecule has 10 heteroatoms. The molecule has 0 aliphatic carbocycles. The van der Waals surface area contributed by atoms with Gasteiger partial charge in [-0.15, -0.1) is 0 Å². The lowest BCUT2D eigenvalue weighted by atomic mass is 10.1. The maximum Gasteiger partial charge on any atom is 0.264 e. The van der Waals surface area contributed by atoms with E-state index < -0.39 is 28.5 Å². The Balaban J connectivity index is 2.13. The maximum absolute atomic E-state index is 14.0. The van der Waals surface area contributed by atoms with Gasteiger partial charge in [0.15, 0.2) is 0 Å². The quantitative estimate of drug-likeness (QED) is 0.330. The predicted octanol–water partition coefficient (Wildman–Crippen LogP) is 5.67. The Kier molecular flexibility index (Phi) is 10.0. The van der Waals surface area contributed by atoms with Crippen LogP contribution in [0.15, 0.2) is 65.6 Å². The molecule has 2 amide bonds. The highest BCUT2D eigenvalue weighted by Crippen LogP contribution is 2.29. The molecular weight excluding hydrogens is 557 g/mol. The van der Waals surface area contributed by atoms with Crippen molar-refractivity contribution in [2.75, 3.05) is 17.9 Å². The van der Waals surface area contributed by atoms with Gasteiger partial charge in [0.1, 0.15) is 12.6 Å². The molecule has 208 valence electrons. The zero-order valence-electron chi connectivity index (χ0n) is 22.7. The fourth-order valence-electron chi connectivity index (χ4n) is 4.40. The number of amides is 2. The van der Waals surface area contributed by atoms with Gasteiger partial charge in [-0.1, -0.05) is 60.0 Å². The summed E-state index contributed by atoms with van der Waals surface area (Å²) in [7, 11) is -2.66. The second-order valence-electron chi connectivity index (χ2n) is 9.43. The number of nitrogens with one attached hydrogen (secondary N) is 1. The number of hydrogen-bond acceptors (Lipinski definition) is 4. The molecule has 0 saturated carbocycles. The molecule has 0 aliphatic rings. The smallest absolute Gasteiger partial charge is 0.264 e. The highest BCUT2D eigenvalue weighted by atomic mass is 35.5. The summed E-state index contributed by atoms with van der Waals surface area (Å²) in [6.07, 6.45) is 0.293. The molecule has 0 saturated heterocycles. The van der Waals surface area contributed by atoms with Crippen LogP contribution in [0.3, 0.4) is 0 Å². The van der Waals surface area contributed by atoms with Gasteiger partial charge in [-0.2, -0.15) is 0 Å². The van der Waals surface area contributed by atoms with Crippen LogP contribution >= 0.6 is 23.2 Å². The first-order chi connectivity index (χ1) is 18.4. The molecule has 3 aromatic carbocycles. The number of carbonyl (C=O) groups is 2. The lowest BCUT2D eigenvalue weighted by molar-refractivity contribution is -0.140. The molecule has 7 nitrogen and oxygen atoms in total. The number of aryl methyl sites for hydroxylation is 3. The Morgan fingerprint density at radius 3 is 1.97 bits per heavy atom. The van der Waals surface area contributed by atoms with Crippen LogP contribution in [-0.4, -0.2) is 44.8 Å². The van der Waals surface area contributed by atoms with E-state index in [9.17, 15) is 18.0 Å². The molecule has 0 heterocycles. The first-order valence-electron chi connectivity index (χ1n) is 12.5. The van der Waals surface area contributed by atoms with Gasteiger partial charge in [0, 0.05) is 29.2 Å². The van der Waals surface area contributed by atoms with Crippen LogP contribution in [0.1, 0.15) is 35.6 Å². The lowest BCUT2D eigenvalue weighted by Crippen LogP contribution is -2.51. The zero-order chi connectivity index (χ0) is 28.9. The summed E-state index contributed by atoms with van der Waals surface area (Å²) in [5.41, 5.74) is 3.42. The molecule has 0 aromatic heterocycles. The van der Waals surface area contributed by atoms with Crippen molar-refractivity contribution in [3.8, 4) is 0 Å². The number of rotatable bonds is 10. The monoisotopic (exact) mass is 589 g/mol. The molecule has 3 rings (SSSR count). The largest absolute Gasteiger partial charge is 0.357 e. The van der Waals surface area contributed by atoms with Crippen LogP contribution in [0.25, 0.3) is 0 Å². The van der Waals surface area contributed by atoms with Crippen molar-refractivity contribution in [3.63, 3.8) is 0 Å². The van der Waals surface area contributed by atoms with Gasteiger partial charge >= 0.3 is 0 Å². The first kappa shape index (κ1) is 30.5. The van der Waals surface area contributed by atoms with E-state index in [1.165, 1.54) is 24.1 Å². The first-order valence-corrected chi connectivity index (χ1v) is 14.7. The van der Waals surface area contributed by atoms with E-state index in [0.29, 0.717) is 27.7 Å². The van der Waals surface area contributed by atoms with Crippen molar-refractivity contribution in [1.29, 1.82) is 0 Å². The molecule has 1 atom stereocenters. The van der Waals surface area contributed by atoms with Gasteiger partial charge < -0.3 is 10.2 Å². The molecule has 0 aliphatic heterocycles. The van der Waals surface area contributed by atoms with Crippen molar-refractivity contribution in [1.82, 2.24) is 10.2 Å². The number of carbonyl (C=O) groups excluding carboxylic acids is 2. The highest BCUT2D eigenvalue weighted by Gasteiger charge is 2.34. The van der Waals surface area contributed by atoms with Crippen molar-refractivity contribution < 1.29 is 18.0 Å². The second-order valence-corrected chi connectivity index (χ2v) is 12.1. The molecule has 0 bridgehead atoms. The zero-order valence-corrected chi connectivity index (χ0v) is 25.0. The number of benzene rings is 3. The van der Waals surface area contributed by atoms with Crippen molar-refractivity contribution in [2.24, 2.45) is 0 Å². The third kappa shape index (κ3) is 7.12. The third-order valence-corrected chi connectivity index (χ3v) is 8.90. The van der Waals surface area contributed by atoms with Crippen LogP contribution < -0.4 is 9.62 Å². The average molecular weight is 591 g/mol. The van der Waals surface area contributed by atoms with E-state index in [-0.39, 0.29) is 17.3 Å². The number of halogens is 2. The molecular formula is C29H33Cl2N3O4S. The normalized spacial score (nSPS) is 12.1. The summed E-state index contributed by atoms with van der Waals surface area (Å²) in [6.45, 7) is 6.75. The lowest BCUT2D eigenvalue weighted by Gasteiger charge is -2.33. The summed E-state index contributed by atoms with van der Waals surface area (Å²) in [4.78, 5) is 28.3. The summed E-state index contributed by atoms with van der Waals surface area (Å²) >= 11 is 12.8. The minimum Gasteiger partial charge on any atom is -0.357 e. The number of nitrogens with zero attached hydrogens (tertiary/aromatic N) is 2. The molecule has 39 heavy (non-hydrogen) atoms. The number of hydrogen-bond donors (Lipinski definition) is 1. The summed E-state index contributed by atoms with van der Waals surface area (Å²) in [6, 6.07) is 15.9. The Hall–Kier alpha value is -3.07. The molecule has 1 unspecified atom stereocenters. The van der Waals surface area contributed by atoms with Gasteiger partial charge in [0.05, 0.1) is 10.6 Å². The standard InChI is InChI=1S/C29H33Cl2N3O4S/c1-6-27(29(36)32-5)33(17-24-25(30)8-7-9-26(24)31)28(35)18-34(22-15-20(3)14-21(4)16-22)39(37,38)23-12-10-19(2)11-13-23/h7-16,27H,6,17-18H2,1-5H3,(H,32,36). The van der Waals surface area contributed by atoms with Crippen molar-refractivity contribution in [2.45, 2.75) is 51.6 Å². The van der Waals surface area contributed by atoms with E-state index in [1.807, 2.05) is 26.8 Å². The van der Waals surface area contributed by atoms with Gasteiger partial charge in [-0.25, -0.2) is 8.42 Å². The van der Waals surface area contributed by atoms with Gasteiger partial charge in [-0.05, 0) is 74.7 Å². The van der Waals surface area contributed by atoms with Crippen LogP contribution in [0.4, 0.5) is 5.69 Å². The van der Waals surface area contributed by atoms with Crippen LogP contribution in [0.2, 0.25) is 10.0 Å². The topological polar surface area (TPSA) is 86.8 Å². The van der Waals surface area contributed by atoms with E-state index in [1.54, 1.807) is 49.4 Å². The minimum atomic E-state index is -4.15. The molecule has 0 spiro atoms.